The quantitative estimate of drug-likeness (QED) is 0.888. The van der Waals surface area contributed by atoms with Gasteiger partial charge in [-0.2, -0.15) is 0 Å². The van der Waals surface area contributed by atoms with Crippen molar-refractivity contribution in [2.75, 3.05) is 0 Å². The molecule has 5 nitrogen and oxygen atoms in total. The second kappa shape index (κ2) is 5.10. The third-order valence-electron chi connectivity index (χ3n) is 4.70. The van der Waals surface area contributed by atoms with Crippen molar-refractivity contribution in [1.82, 2.24) is 5.32 Å². The van der Waals surface area contributed by atoms with E-state index in [1.165, 1.54) is 31.4 Å². The number of benzene rings is 1. The molecule has 2 fully saturated rings. The molecule has 1 aromatic rings. The largest absolute Gasteiger partial charge is 0.349 e. The van der Waals surface area contributed by atoms with Crippen molar-refractivity contribution in [2.45, 2.75) is 43.5 Å². The number of nitrogens with two attached hydrogens (primary N) is 1. The predicted molar refractivity (Wildman–Crippen MR) is 79.3 cm³/mol. The SMILES string of the molecule is Cc1cc(C(=O)NC2CC3CCC2C3)cc(S(N)(=O)=O)c1. The van der Waals surface area contributed by atoms with Gasteiger partial charge in [-0.25, -0.2) is 13.6 Å². The van der Waals surface area contributed by atoms with Gasteiger partial charge in [0, 0.05) is 11.6 Å². The summed E-state index contributed by atoms with van der Waals surface area (Å²) in [5, 5.41) is 8.21. The summed E-state index contributed by atoms with van der Waals surface area (Å²) in [6.45, 7) is 1.75. The molecule has 0 aliphatic heterocycles. The summed E-state index contributed by atoms with van der Waals surface area (Å²) >= 11 is 0. The molecule has 0 radical (unpaired) electrons. The molecule has 6 heteroatoms. The van der Waals surface area contributed by atoms with Crippen molar-refractivity contribution in [3.05, 3.63) is 29.3 Å². The number of nitrogens with one attached hydrogen (secondary N) is 1. The summed E-state index contributed by atoms with van der Waals surface area (Å²) < 4.78 is 22.9. The molecule has 2 aliphatic rings. The fourth-order valence-corrected chi connectivity index (χ4v) is 4.36. The van der Waals surface area contributed by atoms with Crippen LogP contribution in [0, 0.1) is 18.8 Å². The van der Waals surface area contributed by atoms with E-state index in [9.17, 15) is 13.2 Å². The van der Waals surface area contributed by atoms with Crippen LogP contribution in [0.4, 0.5) is 0 Å². The number of amides is 1. The molecular weight excluding hydrogens is 288 g/mol. The Balaban J connectivity index is 1.80. The molecule has 0 saturated heterocycles. The van der Waals surface area contributed by atoms with Gasteiger partial charge in [-0.15, -0.1) is 0 Å². The highest BCUT2D eigenvalue weighted by atomic mass is 32.2. The summed E-state index contributed by atoms with van der Waals surface area (Å²) in [7, 11) is -3.80. The van der Waals surface area contributed by atoms with E-state index >= 15 is 0 Å². The number of hydrogen-bond acceptors (Lipinski definition) is 3. The van der Waals surface area contributed by atoms with Gasteiger partial charge in [-0.05, 0) is 61.8 Å². The van der Waals surface area contributed by atoms with Gasteiger partial charge in [0.2, 0.25) is 10.0 Å². The number of rotatable bonds is 3. The highest BCUT2D eigenvalue weighted by Crippen LogP contribution is 2.44. The van der Waals surface area contributed by atoms with Crippen LogP contribution in [0.5, 0.6) is 0 Å². The molecule has 0 aromatic heterocycles. The Hall–Kier alpha value is -1.40. The topological polar surface area (TPSA) is 89.3 Å². The van der Waals surface area contributed by atoms with Gasteiger partial charge < -0.3 is 5.32 Å². The summed E-state index contributed by atoms with van der Waals surface area (Å²) in [4.78, 5) is 12.3. The summed E-state index contributed by atoms with van der Waals surface area (Å²) in [6, 6.07) is 4.75. The van der Waals surface area contributed by atoms with E-state index in [1.807, 2.05) is 0 Å². The van der Waals surface area contributed by atoms with Crippen LogP contribution in [-0.2, 0) is 10.0 Å². The minimum absolute atomic E-state index is 0.0133. The van der Waals surface area contributed by atoms with Crippen molar-refractivity contribution in [3.63, 3.8) is 0 Å². The van der Waals surface area contributed by atoms with E-state index in [0.29, 0.717) is 17.0 Å². The molecule has 2 aliphatic carbocycles. The molecule has 3 N–H and O–H groups in total. The number of primary sulfonamides is 1. The Morgan fingerprint density at radius 3 is 2.57 bits per heavy atom. The number of carbonyl (C=O) groups excluding carboxylic acids is 1. The maximum atomic E-state index is 12.4. The first-order chi connectivity index (χ1) is 9.83. The lowest BCUT2D eigenvalue weighted by Crippen LogP contribution is -2.38. The lowest BCUT2D eigenvalue weighted by molar-refractivity contribution is 0.0922. The second-order valence-electron chi connectivity index (χ2n) is 6.33. The van der Waals surface area contributed by atoms with Crippen molar-refractivity contribution < 1.29 is 13.2 Å². The smallest absolute Gasteiger partial charge is 0.251 e. The summed E-state index contributed by atoms with van der Waals surface area (Å²) in [5.41, 5.74) is 1.07. The standard InChI is InChI=1S/C15H20N2O3S/c1-9-4-12(8-13(5-9)21(16,19)20)15(18)17-14-7-10-2-3-11(14)6-10/h4-5,8,10-11,14H,2-3,6-7H2,1H3,(H,17,18)(H2,16,19,20). The molecule has 0 spiro atoms. The molecule has 2 bridgehead atoms. The Labute approximate surface area is 125 Å². The first-order valence-electron chi connectivity index (χ1n) is 7.28. The molecule has 2 saturated carbocycles. The number of carbonyl (C=O) groups is 1. The zero-order valence-corrected chi connectivity index (χ0v) is 12.8. The highest BCUT2D eigenvalue weighted by molar-refractivity contribution is 7.89. The van der Waals surface area contributed by atoms with Crippen molar-refractivity contribution in [1.29, 1.82) is 0 Å². The molecule has 3 unspecified atom stereocenters. The molecule has 3 rings (SSSR count). The Morgan fingerprint density at radius 1 is 1.24 bits per heavy atom. The zero-order chi connectivity index (χ0) is 15.2. The van der Waals surface area contributed by atoms with E-state index < -0.39 is 10.0 Å². The first-order valence-corrected chi connectivity index (χ1v) is 8.83. The van der Waals surface area contributed by atoms with E-state index in [-0.39, 0.29) is 16.8 Å². The minimum atomic E-state index is -3.80. The molecule has 1 aromatic carbocycles. The average Bonchev–Trinajstić information content (AvgIpc) is 2.99. The second-order valence-corrected chi connectivity index (χ2v) is 7.90. The number of aryl methyl sites for hydroxylation is 1. The van der Waals surface area contributed by atoms with Gasteiger partial charge in [0.15, 0.2) is 0 Å². The molecule has 21 heavy (non-hydrogen) atoms. The van der Waals surface area contributed by atoms with Gasteiger partial charge in [-0.3, -0.25) is 4.79 Å². The zero-order valence-electron chi connectivity index (χ0n) is 12.0. The third-order valence-corrected chi connectivity index (χ3v) is 5.59. The first kappa shape index (κ1) is 14.5. The normalized spacial score (nSPS) is 27.8. The number of sulfonamides is 1. The van der Waals surface area contributed by atoms with Crippen LogP contribution in [0.1, 0.15) is 41.6 Å². The molecule has 1 amide bonds. The van der Waals surface area contributed by atoms with Crippen molar-refractivity contribution >= 4 is 15.9 Å². The Kier molecular flexibility index (Phi) is 3.53. The highest BCUT2D eigenvalue weighted by Gasteiger charge is 2.40. The van der Waals surface area contributed by atoms with Crippen LogP contribution in [0.3, 0.4) is 0 Å². The van der Waals surface area contributed by atoms with Crippen LogP contribution in [0.25, 0.3) is 0 Å². The average molecular weight is 308 g/mol. The molecule has 114 valence electrons. The predicted octanol–water partition coefficient (Wildman–Crippen LogP) is 1.56. The fourth-order valence-electron chi connectivity index (χ4n) is 3.72. The van der Waals surface area contributed by atoms with Crippen LogP contribution < -0.4 is 10.5 Å². The van der Waals surface area contributed by atoms with E-state index in [4.69, 9.17) is 5.14 Å². The summed E-state index contributed by atoms with van der Waals surface area (Å²) in [5.74, 6) is 1.13. The number of fused-ring (bicyclic) bond motifs is 2. The molecular formula is C15H20N2O3S. The van der Waals surface area contributed by atoms with E-state index in [0.717, 1.165) is 12.3 Å². The maximum Gasteiger partial charge on any atom is 0.251 e. The van der Waals surface area contributed by atoms with Crippen molar-refractivity contribution in [3.8, 4) is 0 Å². The van der Waals surface area contributed by atoms with Crippen LogP contribution >= 0.6 is 0 Å². The molecule has 0 heterocycles. The van der Waals surface area contributed by atoms with Gasteiger partial charge >= 0.3 is 0 Å². The Bertz CT molecular complexity index is 684. The third kappa shape index (κ3) is 2.96. The fraction of sp³-hybridized carbons (Fsp3) is 0.533. The number of hydrogen-bond donors (Lipinski definition) is 2. The lowest BCUT2D eigenvalue weighted by atomic mass is 9.95. The van der Waals surface area contributed by atoms with Gasteiger partial charge in [0.25, 0.3) is 5.91 Å². The van der Waals surface area contributed by atoms with Gasteiger partial charge in [0.1, 0.15) is 0 Å². The van der Waals surface area contributed by atoms with E-state index in [1.54, 1.807) is 13.0 Å². The monoisotopic (exact) mass is 308 g/mol. The Morgan fingerprint density at radius 2 is 2.00 bits per heavy atom. The minimum Gasteiger partial charge on any atom is -0.349 e. The van der Waals surface area contributed by atoms with Gasteiger partial charge in [-0.1, -0.05) is 6.42 Å². The van der Waals surface area contributed by atoms with Gasteiger partial charge in [0.05, 0.1) is 4.90 Å². The lowest BCUT2D eigenvalue weighted by Gasteiger charge is -2.23. The van der Waals surface area contributed by atoms with Crippen LogP contribution in [-0.4, -0.2) is 20.4 Å². The maximum absolute atomic E-state index is 12.4. The summed E-state index contributed by atoms with van der Waals surface area (Å²) in [6.07, 6.45) is 4.72. The van der Waals surface area contributed by atoms with Crippen LogP contribution in [0.15, 0.2) is 23.1 Å². The molecule has 3 atom stereocenters. The van der Waals surface area contributed by atoms with E-state index in [2.05, 4.69) is 5.32 Å². The van der Waals surface area contributed by atoms with Crippen molar-refractivity contribution in [2.24, 2.45) is 17.0 Å². The van der Waals surface area contributed by atoms with Crippen LogP contribution in [0.2, 0.25) is 0 Å².